The van der Waals surface area contributed by atoms with E-state index in [2.05, 4.69) is 5.32 Å². The lowest BCUT2D eigenvalue weighted by molar-refractivity contribution is -0.138. The molecular formula is C11H15ClN2O2. The van der Waals surface area contributed by atoms with E-state index in [9.17, 15) is 4.79 Å². The van der Waals surface area contributed by atoms with Gasteiger partial charge in [-0.05, 0) is 24.1 Å². The summed E-state index contributed by atoms with van der Waals surface area (Å²) in [6.45, 7) is 0.704. The molecule has 0 spiro atoms. The lowest BCUT2D eigenvalue weighted by Gasteiger charge is -2.08. The van der Waals surface area contributed by atoms with E-state index >= 15 is 0 Å². The largest absolute Gasteiger partial charge is 0.480 e. The highest BCUT2D eigenvalue weighted by Gasteiger charge is 2.11. The minimum Gasteiger partial charge on any atom is -0.480 e. The fourth-order valence-electron chi connectivity index (χ4n) is 1.29. The van der Waals surface area contributed by atoms with Gasteiger partial charge < -0.3 is 16.2 Å². The van der Waals surface area contributed by atoms with Crippen molar-refractivity contribution in [2.75, 3.05) is 17.7 Å². The summed E-state index contributed by atoms with van der Waals surface area (Å²) >= 11 is 5.54. The molecule has 16 heavy (non-hydrogen) atoms. The second kappa shape index (κ2) is 6.35. The maximum Gasteiger partial charge on any atom is 0.320 e. The van der Waals surface area contributed by atoms with E-state index in [-0.39, 0.29) is 0 Å². The first-order valence-electron chi connectivity index (χ1n) is 5.00. The van der Waals surface area contributed by atoms with Crippen LogP contribution in [0, 0.1) is 0 Å². The molecule has 0 amide bonds. The Morgan fingerprint density at radius 2 is 2.06 bits per heavy atom. The molecule has 0 aromatic heterocycles. The highest BCUT2D eigenvalue weighted by Crippen LogP contribution is 2.10. The molecule has 1 atom stereocenters. The second-order valence-electron chi connectivity index (χ2n) is 3.46. The molecule has 0 aliphatic heterocycles. The van der Waals surface area contributed by atoms with E-state index in [0.717, 1.165) is 11.3 Å². The zero-order valence-electron chi connectivity index (χ0n) is 8.82. The number of rotatable bonds is 6. The number of nitrogens with two attached hydrogens (primary N) is 1. The number of nitrogens with one attached hydrogen (secondary N) is 1. The third-order valence-corrected chi connectivity index (χ3v) is 2.34. The Morgan fingerprint density at radius 1 is 1.44 bits per heavy atom. The highest BCUT2D eigenvalue weighted by atomic mass is 35.5. The molecule has 0 aliphatic carbocycles. The van der Waals surface area contributed by atoms with Gasteiger partial charge in [0.1, 0.15) is 6.04 Å². The fraction of sp³-hybridized carbons (Fsp3) is 0.364. The third-order valence-electron chi connectivity index (χ3n) is 2.15. The van der Waals surface area contributed by atoms with E-state index in [1.165, 1.54) is 0 Å². The van der Waals surface area contributed by atoms with Crippen LogP contribution >= 0.6 is 11.6 Å². The molecule has 5 heteroatoms. The van der Waals surface area contributed by atoms with Crippen molar-refractivity contribution in [3.63, 3.8) is 0 Å². The summed E-state index contributed by atoms with van der Waals surface area (Å²) in [4.78, 5) is 10.6. The molecule has 0 aliphatic rings. The van der Waals surface area contributed by atoms with E-state index < -0.39 is 12.0 Å². The van der Waals surface area contributed by atoms with Crippen molar-refractivity contribution in [1.29, 1.82) is 0 Å². The number of aliphatic carboxylic acids is 1. The van der Waals surface area contributed by atoms with Crippen LogP contribution in [0.15, 0.2) is 24.3 Å². The summed E-state index contributed by atoms with van der Waals surface area (Å²) < 4.78 is 0. The molecule has 4 N–H and O–H groups in total. The van der Waals surface area contributed by atoms with Crippen molar-refractivity contribution in [3.05, 3.63) is 29.8 Å². The summed E-state index contributed by atoms with van der Waals surface area (Å²) in [6, 6.07) is 6.65. The minimum atomic E-state index is -0.982. The Morgan fingerprint density at radius 3 is 2.56 bits per heavy atom. The zero-order valence-corrected chi connectivity index (χ0v) is 9.57. The van der Waals surface area contributed by atoms with Gasteiger partial charge in [0.05, 0.1) is 0 Å². The van der Waals surface area contributed by atoms with Gasteiger partial charge in [-0.2, -0.15) is 0 Å². The van der Waals surface area contributed by atoms with Gasteiger partial charge >= 0.3 is 5.97 Å². The van der Waals surface area contributed by atoms with Gasteiger partial charge in [0.15, 0.2) is 0 Å². The fourth-order valence-corrected chi connectivity index (χ4v) is 1.39. The van der Waals surface area contributed by atoms with Crippen LogP contribution < -0.4 is 11.1 Å². The summed E-state index contributed by atoms with van der Waals surface area (Å²) in [6.07, 6.45) is 0.338. The normalized spacial score (nSPS) is 12.1. The molecular weight excluding hydrogens is 228 g/mol. The Balaban J connectivity index is 2.54. The van der Waals surface area contributed by atoms with Crippen LogP contribution in [0.2, 0.25) is 0 Å². The smallest absolute Gasteiger partial charge is 0.320 e. The van der Waals surface area contributed by atoms with Crippen molar-refractivity contribution in [3.8, 4) is 0 Å². The lowest BCUT2D eigenvalue weighted by Crippen LogP contribution is -2.32. The molecule has 0 radical (unpaired) electrons. The molecule has 88 valence electrons. The van der Waals surface area contributed by atoms with Crippen LogP contribution in [0.3, 0.4) is 0 Å². The Labute approximate surface area is 99.4 Å². The summed E-state index contributed by atoms with van der Waals surface area (Å²) in [5.74, 6) is -0.435. The summed E-state index contributed by atoms with van der Waals surface area (Å²) in [7, 11) is 0. The van der Waals surface area contributed by atoms with E-state index in [4.69, 9.17) is 22.4 Å². The molecule has 1 aromatic rings. The van der Waals surface area contributed by atoms with Crippen LogP contribution in [0.5, 0.6) is 0 Å². The topological polar surface area (TPSA) is 75.3 Å². The van der Waals surface area contributed by atoms with E-state index in [0.29, 0.717) is 18.8 Å². The van der Waals surface area contributed by atoms with Crippen molar-refractivity contribution >= 4 is 23.3 Å². The molecule has 4 nitrogen and oxygen atoms in total. The Kier molecular flexibility index (Phi) is 5.08. The predicted octanol–water partition coefficient (Wildman–Crippen LogP) is 1.29. The average Bonchev–Trinajstić information content (AvgIpc) is 2.28. The van der Waals surface area contributed by atoms with Crippen molar-refractivity contribution in [2.45, 2.75) is 12.5 Å². The minimum absolute atomic E-state index is 0.338. The first kappa shape index (κ1) is 12.8. The Bertz CT molecular complexity index is 340. The van der Waals surface area contributed by atoms with Gasteiger partial charge in [-0.3, -0.25) is 4.79 Å². The summed E-state index contributed by atoms with van der Waals surface area (Å²) in [5.41, 5.74) is 7.31. The molecule has 1 unspecified atom stereocenters. The van der Waals surface area contributed by atoms with Crippen molar-refractivity contribution in [1.82, 2.24) is 0 Å². The zero-order chi connectivity index (χ0) is 12.0. The number of anilines is 1. The number of alkyl halides is 1. The van der Waals surface area contributed by atoms with Crippen LogP contribution in [-0.2, 0) is 11.2 Å². The lowest BCUT2D eigenvalue weighted by atomic mass is 10.1. The summed E-state index contributed by atoms with van der Waals surface area (Å²) in [5, 5.41) is 11.8. The first-order chi connectivity index (χ1) is 7.63. The monoisotopic (exact) mass is 242 g/mol. The third kappa shape index (κ3) is 4.08. The molecule has 0 saturated heterocycles. The number of carboxylic acids is 1. The molecule has 0 bridgehead atoms. The van der Waals surface area contributed by atoms with Crippen LogP contribution in [-0.4, -0.2) is 29.5 Å². The number of hydrogen-bond donors (Lipinski definition) is 3. The van der Waals surface area contributed by atoms with Gasteiger partial charge in [-0.15, -0.1) is 11.6 Å². The molecule has 1 rings (SSSR count). The van der Waals surface area contributed by atoms with Crippen molar-refractivity contribution in [2.24, 2.45) is 5.73 Å². The molecule has 0 heterocycles. The molecule has 0 saturated carbocycles. The van der Waals surface area contributed by atoms with Gasteiger partial charge in [0, 0.05) is 18.1 Å². The maximum atomic E-state index is 10.6. The van der Waals surface area contributed by atoms with Crippen LogP contribution in [0.4, 0.5) is 5.69 Å². The van der Waals surface area contributed by atoms with Gasteiger partial charge in [0.25, 0.3) is 0 Å². The number of hydrogen-bond acceptors (Lipinski definition) is 3. The molecule has 1 aromatic carbocycles. The average molecular weight is 243 g/mol. The van der Waals surface area contributed by atoms with Crippen LogP contribution in [0.25, 0.3) is 0 Å². The number of halogens is 1. The highest BCUT2D eigenvalue weighted by molar-refractivity contribution is 6.18. The second-order valence-corrected chi connectivity index (χ2v) is 3.84. The van der Waals surface area contributed by atoms with Crippen molar-refractivity contribution < 1.29 is 9.90 Å². The number of carboxylic acid groups (broad SMARTS) is 1. The predicted molar refractivity (Wildman–Crippen MR) is 65.0 cm³/mol. The Hall–Kier alpha value is -1.26. The van der Waals surface area contributed by atoms with Gasteiger partial charge in [0.2, 0.25) is 0 Å². The number of carbonyl (C=O) groups is 1. The van der Waals surface area contributed by atoms with E-state index in [1.54, 1.807) is 0 Å². The first-order valence-corrected chi connectivity index (χ1v) is 5.54. The molecule has 0 fully saturated rings. The SMILES string of the molecule is NC(Cc1ccc(NCCCl)cc1)C(=O)O. The number of benzene rings is 1. The quantitative estimate of drug-likeness (QED) is 0.657. The maximum absolute atomic E-state index is 10.6. The van der Waals surface area contributed by atoms with Gasteiger partial charge in [-0.25, -0.2) is 0 Å². The van der Waals surface area contributed by atoms with Crippen LogP contribution in [0.1, 0.15) is 5.56 Å². The van der Waals surface area contributed by atoms with E-state index in [1.807, 2.05) is 24.3 Å². The van der Waals surface area contributed by atoms with Gasteiger partial charge in [-0.1, -0.05) is 12.1 Å². The standard InChI is InChI=1S/C11H15ClN2O2/c12-5-6-14-9-3-1-8(2-4-9)7-10(13)11(15)16/h1-4,10,14H,5-7,13H2,(H,15,16).